The average Bonchev–Trinajstić information content (AvgIpc) is 2.95. The standard InChI is InChI=1S/C13H20N4O3/c1-9-4-6-17(11(9)12(18)19)13(20)16(3)8-10-14-5-7-15(10)2/h5,7,9,11H,4,6,8H2,1-3H3,(H,18,19). The van der Waals surface area contributed by atoms with Crippen LogP contribution in [0.4, 0.5) is 4.79 Å². The summed E-state index contributed by atoms with van der Waals surface area (Å²) in [5, 5.41) is 9.26. The Morgan fingerprint density at radius 3 is 2.80 bits per heavy atom. The van der Waals surface area contributed by atoms with E-state index in [1.54, 1.807) is 13.2 Å². The van der Waals surface area contributed by atoms with Gasteiger partial charge < -0.3 is 19.5 Å². The Balaban J connectivity index is 2.07. The molecule has 0 spiro atoms. The predicted octanol–water partition coefficient (Wildman–Crippen LogP) is 0.767. The van der Waals surface area contributed by atoms with Crippen molar-refractivity contribution >= 4 is 12.0 Å². The highest BCUT2D eigenvalue weighted by atomic mass is 16.4. The summed E-state index contributed by atoms with van der Waals surface area (Å²) >= 11 is 0. The van der Waals surface area contributed by atoms with Crippen LogP contribution in [0.1, 0.15) is 19.2 Å². The number of aromatic nitrogens is 2. The van der Waals surface area contributed by atoms with E-state index in [-0.39, 0.29) is 11.9 Å². The monoisotopic (exact) mass is 280 g/mol. The summed E-state index contributed by atoms with van der Waals surface area (Å²) in [6.07, 6.45) is 4.20. The minimum Gasteiger partial charge on any atom is -0.480 e. The summed E-state index contributed by atoms with van der Waals surface area (Å²) in [5.41, 5.74) is 0. The van der Waals surface area contributed by atoms with Gasteiger partial charge in [-0.05, 0) is 12.3 Å². The zero-order chi connectivity index (χ0) is 14.9. The van der Waals surface area contributed by atoms with E-state index in [1.807, 2.05) is 24.7 Å². The Kier molecular flexibility index (Phi) is 3.96. The molecular weight excluding hydrogens is 260 g/mol. The molecule has 2 heterocycles. The van der Waals surface area contributed by atoms with Crippen LogP contribution in [0.3, 0.4) is 0 Å². The molecule has 110 valence electrons. The number of amides is 2. The van der Waals surface area contributed by atoms with E-state index in [9.17, 15) is 14.7 Å². The molecule has 0 bridgehead atoms. The van der Waals surface area contributed by atoms with Gasteiger partial charge in [-0.15, -0.1) is 0 Å². The topological polar surface area (TPSA) is 78.7 Å². The Morgan fingerprint density at radius 2 is 2.25 bits per heavy atom. The number of carbonyl (C=O) groups excluding carboxylic acids is 1. The number of nitrogens with zero attached hydrogens (tertiary/aromatic N) is 4. The van der Waals surface area contributed by atoms with Crippen LogP contribution in [-0.2, 0) is 18.4 Å². The summed E-state index contributed by atoms with van der Waals surface area (Å²) in [5.74, 6) is -0.188. The Labute approximate surface area is 117 Å². The molecule has 1 aromatic rings. The number of hydrogen-bond donors (Lipinski definition) is 1. The number of urea groups is 1. The fourth-order valence-corrected chi connectivity index (χ4v) is 2.59. The fourth-order valence-electron chi connectivity index (χ4n) is 2.59. The molecular formula is C13H20N4O3. The van der Waals surface area contributed by atoms with Gasteiger partial charge in [0, 0.05) is 33.0 Å². The summed E-state index contributed by atoms with van der Waals surface area (Å²) < 4.78 is 1.84. The lowest BCUT2D eigenvalue weighted by Gasteiger charge is -2.28. The van der Waals surface area contributed by atoms with Crippen molar-refractivity contribution in [2.24, 2.45) is 13.0 Å². The summed E-state index contributed by atoms with van der Waals surface area (Å²) in [6.45, 7) is 2.71. The molecule has 1 N–H and O–H groups in total. The van der Waals surface area contributed by atoms with Crippen LogP contribution < -0.4 is 0 Å². The van der Waals surface area contributed by atoms with E-state index in [4.69, 9.17) is 0 Å². The molecule has 1 aliphatic rings. The molecule has 1 fully saturated rings. The van der Waals surface area contributed by atoms with Crippen molar-refractivity contribution < 1.29 is 14.7 Å². The maximum Gasteiger partial charge on any atom is 0.326 e. The van der Waals surface area contributed by atoms with Gasteiger partial charge in [-0.2, -0.15) is 0 Å². The quantitative estimate of drug-likeness (QED) is 0.887. The largest absolute Gasteiger partial charge is 0.480 e. The Morgan fingerprint density at radius 1 is 1.55 bits per heavy atom. The van der Waals surface area contributed by atoms with Gasteiger partial charge in [0.25, 0.3) is 0 Å². The fraction of sp³-hybridized carbons (Fsp3) is 0.615. The van der Waals surface area contributed by atoms with E-state index < -0.39 is 12.0 Å². The molecule has 1 aliphatic heterocycles. The summed E-state index contributed by atoms with van der Waals surface area (Å²) in [4.78, 5) is 30.8. The highest BCUT2D eigenvalue weighted by Gasteiger charge is 2.40. The number of imidazole rings is 1. The normalized spacial score (nSPS) is 22.1. The number of carboxylic acid groups (broad SMARTS) is 1. The molecule has 1 saturated heterocycles. The van der Waals surface area contributed by atoms with Gasteiger partial charge in [0.15, 0.2) is 0 Å². The number of aliphatic carboxylic acids is 1. The third-order valence-electron chi connectivity index (χ3n) is 3.82. The second-order valence-electron chi connectivity index (χ2n) is 5.34. The Hall–Kier alpha value is -2.05. The van der Waals surface area contributed by atoms with Crippen LogP contribution in [0, 0.1) is 5.92 Å². The zero-order valence-electron chi connectivity index (χ0n) is 12.0. The van der Waals surface area contributed by atoms with E-state index in [0.717, 1.165) is 12.2 Å². The molecule has 7 nitrogen and oxygen atoms in total. The van der Waals surface area contributed by atoms with E-state index >= 15 is 0 Å². The molecule has 2 rings (SSSR count). The van der Waals surface area contributed by atoms with Crippen molar-refractivity contribution in [3.8, 4) is 0 Å². The molecule has 0 aliphatic carbocycles. The minimum atomic E-state index is -0.936. The maximum atomic E-state index is 12.4. The molecule has 20 heavy (non-hydrogen) atoms. The van der Waals surface area contributed by atoms with Gasteiger partial charge in [0.05, 0.1) is 6.54 Å². The SMILES string of the molecule is CC1CCN(C(=O)N(C)Cc2nccn2C)C1C(=O)O. The number of carbonyl (C=O) groups is 2. The van der Waals surface area contributed by atoms with Crippen LogP contribution in [0.15, 0.2) is 12.4 Å². The molecule has 2 amide bonds. The lowest BCUT2D eigenvalue weighted by molar-refractivity contribution is -0.142. The third kappa shape index (κ3) is 2.61. The molecule has 1 aromatic heterocycles. The van der Waals surface area contributed by atoms with Gasteiger partial charge in [-0.3, -0.25) is 0 Å². The van der Waals surface area contributed by atoms with E-state index in [0.29, 0.717) is 13.1 Å². The second kappa shape index (κ2) is 5.52. The van der Waals surface area contributed by atoms with Gasteiger partial charge in [-0.25, -0.2) is 14.6 Å². The number of likely N-dealkylation sites (tertiary alicyclic amines) is 1. The molecule has 0 saturated carbocycles. The average molecular weight is 280 g/mol. The molecule has 0 aromatic carbocycles. The summed E-state index contributed by atoms with van der Waals surface area (Å²) in [7, 11) is 3.53. The maximum absolute atomic E-state index is 12.4. The van der Waals surface area contributed by atoms with Gasteiger partial charge >= 0.3 is 12.0 Å². The minimum absolute atomic E-state index is 0.0157. The number of rotatable bonds is 3. The van der Waals surface area contributed by atoms with Crippen molar-refractivity contribution in [1.29, 1.82) is 0 Å². The predicted molar refractivity (Wildman–Crippen MR) is 72.0 cm³/mol. The highest BCUT2D eigenvalue weighted by Crippen LogP contribution is 2.25. The van der Waals surface area contributed by atoms with Gasteiger partial charge in [-0.1, -0.05) is 6.92 Å². The van der Waals surface area contributed by atoms with Crippen LogP contribution >= 0.6 is 0 Å². The zero-order valence-corrected chi connectivity index (χ0v) is 12.0. The van der Waals surface area contributed by atoms with Gasteiger partial charge in [0.2, 0.25) is 0 Å². The Bertz CT molecular complexity index is 513. The smallest absolute Gasteiger partial charge is 0.326 e. The first-order valence-corrected chi connectivity index (χ1v) is 6.62. The van der Waals surface area contributed by atoms with Crippen molar-refractivity contribution in [3.63, 3.8) is 0 Å². The number of aryl methyl sites for hydroxylation is 1. The number of carboxylic acids is 1. The lowest BCUT2D eigenvalue weighted by Crippen LogP contribution is -2.48. The van der Waals surface area contributed by atoms with Crippen molar-refractivity contribution in [2.75, 3.05) is 13.6 Å². The summed E-state index contributed by atoms with van der Waals surface area (Å²) in [6, 6.07) is -0.990. The van der Waals surface area contributed by atoms with Crippen LogP contribution in [0.5, 0.6) is 0 Å². The molecule has 7 heteroatoms. The second-order valence-corrected chi connectivity index (χ2v) is 5.34. The number of hydrogen-bond acceptors (Lipinski definition) is 3. The van der Waals surface area contributed by atoms with Crippen LogP contribution in [0.25, 0.3) is 0 Å². The molecule has 0 radical (unpaired) electrons. The third-order valence-corrected chi connectivity index (χ3v) is 3.82. The van der Waals surface area contributed by atoms with Crippen molar-refractivity contribution in [1.82, 2.24) is 19.4 Å². The van der Waals surface area contributed by atoms with Crippen molar-refractivity contribution in [2.45, 2.75) is 25.9 Å². The van der Waals surface area contributed by atoms with E-state index in [2.05, 4.69) is 4.98 Å². The first-order valence-electron chi connectivity index (χ1n) is 6.62. The first-order chi connectivity index (χ1) is 9.41. The van der Waals surface area contributed by atoms with E-state index in [1.165, 1.54) is 9.80 Å². The first kappa shape index (κ1) is 14.4. The van der Waals surface area contributed by atoms with Crippen LogP contribution in [0.2, 0.25) is 0 Å². The highest BCUT2D eigenvalue weighted by molar-refractivity contribution is 5.83. The molecule has 2 unspecified atom stereocenters. The molecule has 2 atom stereocenters. The van der Waals surface area contributed by atoms with Crippen LogP contribution in [-0.4, -0.2) is 56.1 Å². The lowest BCUT2D eigenvalue weighted by atomic mass is 10.0. The van der Waals surface area contributed by atoms with Gasteiger partial charge in [0.1, 0.15) is 11.9 Å². The van der Waals surface area contributed by atoms with Crippen molar-refractivity contribution in [3.05, 3.63) is 18.2 Å².